The first-order valence-corrected chi connectivity index (χ1v) is 6.56. The molecule has 5 nitrogen and oxygen atoms in total. The quantitative estimate of drug-likeness (QED) is 0.895. The number of likely N-dealkylation sites (N-methyl/N-ethyl adjacent to an activating group) is 1. The van der Waals surface area contributed by atoms with E-state index in [2.05, 4.69) is 5.10 Å². The van der Waals surface area contributed by atoms with Gasteiger partial charge in [0.1, 0.15) is 0 Å². The molecular formula is C15H19N3O2. The molecule has 0 saturated heterocycles. The van der Waals surface area contributed by atoms with Crippen LogP contribution >= 0.6 is 0 Å². The number of aromatic nitrogens is 2. The minimum Gasteiger partial charge on any atom is -0.394 e. The molecule has 2 aromatic rings. The molecule has 1 aromatic carbocycles. The van der Waals surface area contributed by atoms with Gasteiger partial charge in [0.15, 0.2) is 0 Å². The van der Waals surface area contributed by atoms with Crippen molar-refractivity contribution in [3.8, 4) is 0 Å². The number of aliphatic hydroxyl groups excluding tert-OH is 1. The van der Waals surface area contributed by atoms with E-state index in [-0.39, 0.29) is 18.6 Å². The smallest absolute Gasteiger partial charge is 0.257 e. The molecule has 20 heavy (non-hydrogen) atoms. The van der Waals surface area contributed by atoms with Crippen molar-refractivity contribution in [2.24, 2.45) is 0 Å². The van der Waals surface area contributed by atoms with Crippen molar-refractivity contribution in [2.45, 2.75) is 19.5 Å². The van der Waals surface area contributed by atoms with Crippen LogP contribution in [0.3, 0.4) is 0 Å². The Hall–Kier alpha value is -2.14. The fourth-order valence-electron chi connectivity index (χ4n) is 1.86. The van der Waals surface area contributed by atoms with E-state index < -0.39 is 0 Å². The monoisotopic (exact) mass is 273 g/mol. The number of amides is 1. The summed E-state index contributed by atoms with van der Waals surface area (Å²) in [5.74, 6) is -0.133. The van der Waals surface area contributed by atoms with E-state index in [0.717, 1.165) is 5.56 Å². The molecule has 1 heterocycles. The van der Waals surface area contributed by atoms with E-state index in [1.54, 1.807) is 31.0 Å². The van der Waals surface area contributed by atoms with Crippen LogP contribution in [0, 0.1) is 0 Å². The van der Waals surface area contributed by atoms with Crippen molar-refractivity contribution in [2.75, 3.05) is 13.7 Å². The summed E-state index contributed by atoms with van der Waals surface area (Å²) in [5, 5.41) is 13.3. The van der Waals surface area contributed by atoms with Crippen LogP contribution in [0.25, 0.3) is 0 Å². The molecule has 0 radical (unpaired) electrons. The molecule has 0 aliphatic rings. The molecular weight excluding hydrogens is 254 g/mol. The van der Waals surface area contributed by atoms with Crippen LogP contribution in [0.1, 0.15) is 22.8 Å². The summed E-state index contributed by atoms with van der Waals surface area (Å²) >= 11 is 0. The second-order valence-electron chi connectivity index (χ2n) is 4.86. The second kappa shape index (κ2) is 6.34. The van der Waals surface area contributed by atoms with Gasteiger partial charge >= 0.3 is 0 Å². The van der Waals surface area contributed by atoms with Crippen LogP contribution in [0.2, 0.25) is 0 Å². The molecule has 0 fully saturated rings. The van der Waals surface area contributed by atoms with Gasteiger partial charge in [-0.05, 0) is 12.5 Å². The van der Waals surface area contributed by atoms with E-state index in [0.29, 0.717) is 12.1 Å². The molecule has 1 N–H and O–H groups in total. The zero-order valence-electron chi connectivity index (χ0n) is 11.7. The van der Waals surface area contributed by atoms with Gasteiger partial charge < -0.3 is 10.0 Å². The molecule has 0 aliphatic heterocycles. The molecule has 0 aliphatic carbocycles. The normalized spacial score (nSPS) is 12.2. The first kappa shape index (κ1) is 14.3. The van der Waals surface area contributed by atoms with Crippen LogP contribution < -0.4 is 0 Å². The summed E-state index contributed by atoms with van der Waals surface area (Å²) in [6.45, 7) is 2.38. The van der Waals surface area contributed by atoms with E-state index in [1.165, 1.54) is 4.90 Å². The summed E-state index contributed by atoms with van der Waals surface area (Å²) in [4.78, 5) is 13.7. The van der Waals surface area contributed by atoms with Crippen LogP contribution in [0.15, 0.2) is 42.7 Å². The number of carbonyl (C=O) groups excluding carboxylic acids is 1. The number of carbonyl (C=O) groups is 1. The lowest BCUT2D eigenvalue weighted by molar-refractivity contribution is 0.0682. The molecule has 0 saturated carbocycles. The van der Waals surface area contributed by atoms with Crippen molar-refractivity contribution in [1.29, 1.82) is 0 Å². The van der Waals surface area contributed by atoms with E-state index in [1.807, 2.05) is 30.3 Å². The predicted molar refractivity (Wildman–Crippen MR) is 76.4 cm³/mol. The van der Waals surface area contributed by atoms with Gasteiger partial charge in [0.25, 0.3) is 5.91 Å². The molecule has 1 aromatic heterocycles. The molecule has 0 bridgehead atoms. The number of hydrogen-bond donors (Lipinski definition) is 1. The predicted octanol–water partition coefficient (Wildman–Crippen LogP) is 1.38. The van der Waals surface area contributed by atoms with Gasteiger partial charge in [-0.15, -0.1) is 0 Å². The van der Waals surface area contributed by atoms with Crippen LogP contribution in [0.5, 0.6) is 0 Å². The highest BCUT2D eigenvalue weighted by molar-refractivity contribution is 5.93. The minimum atomic E-state index is -0.208. The third kappa shape index (κ3) is 3.24. The van der Waals surface area contributed by atoms with Crippen molar-refractivity contribution in [3.05, 3.63) is 53.9 Å². The maximum absolute atomic E-state index is 12.2. The topological polar surface area (TPSA) is 58.4 Å². The van der Waals surface area contributed by atoms with Crippen molar-refractivity contribution < 1.29 is 9.90 Å². The Bertz CT molecular complexity index is 566. The summed E-state index contributed by atoms with van der Waals surface area (Å²) in [5.41, 5.74) is 1.66. The molecule has 2 rings (SSSR count). The van der Waals surface area contributed by atoms with Gasteiger partial charge in [-0.25, -0.2) is 0 Å². The third-order valence-corrected chi connectivity index (χ3v) is 3.31. The van der Waals surface area contributed by atoms with Gasteiger partial charge in [0.2, 0.25) is 0 Å². The summed E-state index contributed by atoms with van der Waals surface area (Å²) < 4.78 is 1.74. The highest BCUT2D eigenvalue weighted by atomic mass is 16.3. The van der Waals surface area contributed by atoms with E-state index in [4.69, 9.17) is 5.11 Å². The van der Waals surface area contributed by atoms with Gasteiger partial charge in [0.05, 0.1) is 31.0 Å². The minimum absolute atomic E-state index is 0.0552. The van der Waals surface area contributed by atoms with Gasteiger partial charge in [-0.2, -0.15) is 5.10 Å². The molecule has 1 amide bonds. The van der Waals surface area contributed by atoms with Crippen molar-refractivity contribution in [1.82, 2.24) is 14.7 Å². The van der Waals surface area contributed by atoms with E-state index in [9.17, 15) is 4.79 Å². The molecule has 5 heteroatoms. The Balaban J connectivity index is 2.07. The van der Waals surface area contributed by atoms with Crippen LogP contribution in [-0.4, -0.2) is 45.4 Å². The standard InChI is InChI=1S/C15H19N3O2/c1-12(11-19)17(2)15(20)14-8-16-18(10-14)9-13-6-4-3-5-7-13/h3-8,10,12,19H,9,11H2,1-2H3. The second-order valence-corrected chi connectivity index (χ2v) is 4.86. The highest BCUT2D eigenvalue weighted by Crippen LogP contribution is 2.08. The number of benzene rings is 1. The number of aliphatic hydroxyl groups is 1. The third-order valence-electron chi connectivity index (χ3n) is 3.31. The van der Waals surface area contributed by atoms with Gasteiger partial charge in [0, 0.05) is 13.2 Å². The maximum Gasteiger partial charge on any atom is 0.257 e. The number of rotatable bonds is 5. The fourth-order valence-corrected chi connectivity index (χ4v) is 1.86. The van der Waals surface area contributed by atoms with Crippen molar-refractivity contribution in [3.63, 3.8) is 0 Å². The fraction of sp³-hybridized carbons (Fsp3) is 0.333. The Labute approximate surface area is 118 Å². The molecule has 1 unspecified atom stereocenters. The maximum atomic E-state index is 12.2. The Morgan fingerprint density at radius 1 is 1.40 bits per heavy atom. The summed E-state index contributed by atoms with van der Waals surface area (Å²) in [7, 11) is 1.68. The Kier molecular flexibility index (Phi) is 4.53. The van der Waals surface area contributed by atoms with Crippen LogP contribution in [-0.2, 0) is 6.54 Å². The Morgan fingerprint density at radius 3 is 2.75 bits per heavy atom. The average molecular weight is 273 g/mol. The largest absolute Gasteiger partial charge is 0.394 e. The van der Waals surface area contributed by atoms with Crippen LogP contribution in [0.4, 0.5) is 0 Å². The SMILES string of the molecule is CC(CO)N(C)C(=O)c1cnn(Cc2ccccc2)c1. The highest BCUT2D eigenvalue weighted by Gasteiger charge is 2.18. The molecule has 0 spiro atoms. The number of hydrogen-bond acceptors (Lipinski definition) is 3. The molecule has 1 atom stereocenters. The molecule has 106 valence electrons. The van der Waals surface area contributed by atoms with Gasteiger partial charge in [-0.1, -0.05) is 30.3 Å². The lowest BCUT2D eigenvalue weighted by atomic mass is 10.2. The zero-order chi connectivity index (χ0) is 14.5. The average Bonchev–Trinajstić information content (AvgIpc) is 2.94. The summed E-state index contributed by atoms with van der Waals surface area (Å²) in [6.07, 6.45) is 3.29. The van der Waals surface area contributed by atoms with Gasteiger partial charge in [-0.3, -0.25) is 9.48 Å². The van der Waals surface area contributed by atoms with Crippen molar-refractivity contribution >= 4 is 5.91 Å². The zero-order valence-corrected chi connectivity index (χ0v) is 11.7. The lowest BCUT2D eigenvalue weighted by Gasteiger charge is -2.22. The lowest BCUT2D eigenvalue weighted by Crippen LogP contribution is -2.37. The first-order valence-electron chi connectivity index (χ1n) is 6.56. The van der Waals surface area contributed by atoms with E-state index >= 15 is 0 Å². The summed E-state index contributed by atoms with van der Waals surface area (Å²) in [6, 6.07) is 9.74. The Morgan fingerprint density at radius 2 is 2.10 bits per heavy atom. The first-order chi connectivity index (χ1) is 9.61. The number of nitrogens with zero attached hydrogens (tertiary/aromatic N) is 3.